The zero-order valence-corrected chi connectivity index (χ0v) is 13.5. The molecule has 0 unspecified atom stereocenters. The summed E-state index contributed by atoms with van der Waals surface area (Å²) < 4.78 is 0. The van der Waals surface area contributed by atoms with Gasteiger partial charge in [-0.3, -0.25) is 9.59 Å². The lowest BCUT2D eigenvalue weighted by Crippen LogP contribution is -2.51. The summed E-state index contributed by atoms with van der Waals surface area (Å²) in [5.74, 6) is 3.37. The van der Waals surface area contributed by atoms with E-state index in [-0.39, 0.29) is 23.4 Å². The van der Waals surface area contributed by atoms with Gasteiger partial charge in [0.1, 0.15) is 5.60 Å². The third-order valence-electron chi connectivity index (χ3n) is 6.90. The number of terminal acetylenes is 1. The molecule has 0 aromatic rings. The van der Waals surface area contributed by atoms with Crippen LogP contribution in [0.25, 0.3) is 0 Å². The van der Waals surface area contributed by atoms with E-state index in [2.05, 4.69) is 5.92 Å². The molecule has 0 heterocycles. The molecule has 3 heteroatoms. The molecule has 120 valence electrons. The first-order valence-electron chi connectivity index (χ1n) is 8.60. The number of aliphatic hydroxyl groups is 1. The van der Waals surface area contributed by atoms with E-state index in [0.717, 1.165) is 36.0 Å². The van der Waals surface area contributed by atoms with Gasteiger partial charge in [0.05, 0.1) is 0 Å². The van der Waals surface area contributed by atoms with Gasteiger partial charge in [0.2, 0.25) is 0 Å². The van der Waals surface area contributed by atoms with E-state index < -0.39 is 11.0 Å². The zero-order chi connectivity index (χ0) is 16.4. The second-order valence-electron chi connectivity index (χ2n) is 7.84. The summed E-state index contributed by atoms with van der Waals surface area (Å²) in [5.41, 5.74) is 1.49. The Morgan fingerprint density at radius 2 is 2.04 bits per heavy atom. The Morgan fingerprint density at radius 1 is 1.26 bits per heavy atom. The fourth-order valence-electron chi connectivity index (χ4n) is 5.61. The summed E-state index contributed by atoms with van der Waals surface area (Å²) >= 11 is 0. The molecule has 4 aliphatic carbocycles. The lowest BCUT2D eigenvalue weighted by atomic mass is 9.54. The summed E-state index contributed by atoms with van der Waals surface area (Å²) in [6, 6.07) is 0. The van der Waals surface area contributed by atoms with Crippen molar-refractivity contribution in [3.63, 3.8) is 0 Å². The van der Waals surface area contributed by atoms with E-state index in [1.165, 1.54) is 0 Å². The Labute approximate surface area is 136 Å². The van der Waals surface area contributed by atoms with Crippen molar-refractivity contribution in [3.8, 4) is 12.3 Å². The fraction of sp³-hybridized carbons (Fsp3) is 0.600. The van der Waals surface area contributed by atoms with Crippen LogP contribution < -0.4 is 0 Å². The van der Waals surface area contributed by atoms with Crippen molar-refractivity contribution in [2.45, 2.75) is 57.5 Å². The van der Waals surface area contributed by atoms with E-state index in [4.69, 9.17) is 6.42 Å². The fourth-order valence-corrected chi connectivity index (χ4v) is 5.61. The summed E-state index contributed by atoms with van der Waals surface area (Å²) in [4.78, 5) is 24.6. The van der Waals surface area contributed by atoms with Crippen molar-refractivity contribution < 1.29 is 14.7 Å². The van der Waals surface area contributed by atoms with E-state index in [1.807, 2.05) is 6.92 Å². The van der Waals surface area contributed by atoms with Crippen molar-refractivity contribution in [3.05, 3.63) is 22.8 Å². The topological polar surface area (TPSA) is 54.4 Å². The van der Waals surface area contributed by atoms with Gasteiger partial charge in [0.25, 0.3) is 0 Å². The monoisotopic (exact) mass is 310 g/mol. The Morgan fingerprint density at radius 3 is 2.78 bits per heavy atom. The zero-order valence-electron chi connectivity index (χ0n) is 13.5. The number of carbonyl (C=O) groups excluding carboxylic acids is 2. The second-order valence-corrected chi connectivity index (χ2v) is 7.84. The van der Waals surface area contributed by atoms with Crippen molar-refractivity contribution in [1.29, 1.82) is 0 Å². The van der Waals surface area contributed by atoms with Crippen LogP contribution in [0.3, 0.4) is 0 Å². The first-order valence-corrected chi connectivity index (χ1v) is 8.60. The number of carbonyl (C=O) groups is 2. The normalized spacial score (nSPS) is 42.6. The highest BCUT2D eigenvalue weighted by molar-refractivity contribution is 6.01. The summed E-state index contributed by atoms with van der Waals surface area (Å²) in [6.07, 6.45) is 12.1. The van der Waals surface area contributed by atoms with Gasteiger partial charge in [-0.1, -0.05) is 12.8 Å². The molecule has 0 radical (unpaired) electrons. The molecule has 0 aromatic heterocycles. The van der Waals surface area contributed by atoms with Crippen LogP contribution in [0.4, 0.5) is 0 Å². The number of hydrogen-bond acceptors (Lipinski definition) is 3. The number of ketones is 2. The quantitative estimate of drug-likeness (QED) is 0.700. The molecule has 4 atom stereocenters. The van der Waals surface area contributed by atoms with E-state index in [9.17, 15) is 14.7 Å². The van der Waals surface area contributed by atoms with Crippen LogP contribution in [0.15, 0.2) is 22.8 Å². The first-order chi connectivity index (χ1) is 10.9. The van der Waals surface area contributed by atoms with E-state index >= 15 is 0 Å². The Hall–Kier alpha value is -1.66. The molecule has 0 saturated heterocycles. The highest BCUT2D eigenvalue weighted by Gasteiger charge is 2.62. The van der Waals surface area contributed by atoms with Crippen LogP contribution >= 0.6 is 0 Å². The molecular formula is C20H22O3. The standard InChI is InChI=1S/C20H22O3/c1-3-20(23)9-8-16-15-6-4-12-10-13(21)5-7-14(12)18(15)17(22)11-19(16,20)2/h1,10,15-16,23H,4-9,11H2,2H3/t15-,16-,19-,20+/m1/s1. The molecule has 1 N–H and O–H groups in total. The second kappa shape index (κ2) is 4.68. The number of hydrogen-bond donors (Lipinski definition) is 1. The minimum Gasteiger partial charge on any atom is -0.377 e. The van der Waals surface area contributed by atoms with Gasteiger partial charge in [-0.25, -0.2) is 0 Å². The van der Waals surface area contributed by atoms with Crippen LogP contribution in [0.2, 0.25) is 0 Å². The van der Waals surface area contributed by atoms with Crippen molar-refractivity contribution in [2.24, 2.45) is 17.3 Å². The molecule has 2 saturated carbocycles. The average Bonchev–Trinajstić information content (AvgIpc) is 2.78. The highest BCUT2D eigenvalue weighted by atomic mass is 16.3. The first kappa shape index (κ1) is 14.9. The maximum absolute atomic E-state index is 13.0. The van der Waals surface area contributed by atoms with Gasteiger partial charge < -0.3 is 5.11 Å². The van der Waals surface area contributed by atoms with E-state index in [0.29, 0.717) is 25.7 Å². The van der Waals surface area contributed by atoms with Crippen molar-refractivity contribution in [1.82, 2.24) is 0 Å². The minimum absolute atomic E-state index is 0.138. The van der Waals surface area contributed by atoms with E-state index in [1.54, 1.807) is 6.08 Å². The Bertz CT molecular complexity index is 720. The van der Waals surface area contributed by atoms with Crippen LogP contribution in [0, 0.1) is 29.6 Å². The Balaban J connectivity index is 1.82. The molecule has 0 spiro atoms. The molecule has 3 nitrogen and oxygen atoms in total. The summed E-state index contributed by atoms with van der Waals surface area (Å²) in [7, 11) is 0. The third-order valence-corrected chi connectivity index (χ3v) is 6.90. The van der Waals surface area contributed by atoms with Gasteiger partial charge >= 0.3 is 0 Å². The summed E-state index contributed by atoms with van der Waals surface area (Å²) in [6.45, 7) is 2.00. The highest BCUT2D eigenvalue weighted by Crippen LogP contribution is 2.62. The molecule has 0 amide bonds. The van der Waals surface area contributed by atoms with Gasteiger partial charge in [0, 0.05) is 23.8 Å². The predicted octanol–water partition coefficient (Wildman–Crippen LogP) is 2.74. The number of allylic oxidation sites excluding steroid dienone is 4. The lowest BCUT2D eigenvalue weighted by Gasteiger charge is -2.49. The molecule has 4 aliphatic rings. The SMILES string of the molecule is C#C[C@]1(O)CC[C@@H]2[C@H]3CCC4=CC(=O)CCC4=C3C(=O)C[C@]21C. The predicted molar refractivity (Wildman–Crippen MR) is 86.3 cm³/mol. The smallest absolute Gasteiger partial charge is 0.160 e. The molecule has 2 fully saturated rings. The molecule has 23 heavy (non-hydrogen) atoms. The van der Waals surface area contributed by atoms with Gasteiger partial charge in [-0.05, 0) is 61.2 Å². The maximum Gasteiger partial charge on any atom is 0.160 e. The van der Waals surface area contributed by atoms with Crippen LogP contribution in [-0.2, 0) is 9.59 Å². The average molecular weight is 310 g/mol. The van der Waals surface area contributed by atoms with Crippen LogP contribution in [0.1, 0.15) is 51.9 Å². The summed E-state index contributed by atoms with van der Waals surface area (Å²) in [5, 5.41) is 10.9. The van der Waals surface area contributed by atoms with Gasteiger partial charge in [-0.2, -0.15) is 0 Å². The minimum atomic E-state index is -1.16. The number of fused-ring (bicyclic) bond motifs is 4. The largest absolute Gasteiger partial charge is 0.377 e. The van der Waals surface area contributed by atoms with Crippen molar-refractivity contribution >= 4 is 11.6 Å². The van der Waals surface area contributed by atoms with Gasteiger partial charge in [0.15, 0.2) is 11.6 Å². The number of rotatable bonds is 0. The molecule has 0 aromatic carbocycles. The lowest BCUT2D eigenvalue weighted by molar-refractivity contribution is -0.128. The Kier molecular flexibility index (Phi) is 3.03. The number of Topliss-reactive ketones (excluding diaryl/α,β-unsaturated/α-hetero) is 1. The molecule has 4 rings (SSSR count). The molecule has 0 aliphatic heterocycles. The maximum atomic E-state index is 13.0. The third kappa shape index (κ3) is 1.82. The van der Waals surface area contributed by atoms with Crippen molar-refractivity contribution in [2.75, 3.05) is 0 Å². The molecule has 0 bridgehead atoms. The van der Waals surface area contributed by atoms with Crippen LogP contribution in [0.5, 0.6) is 0 Å². The van der Waals surface area contributed by atoms with Gasteiger partial charge in [-0.15, -0.1) is 6.42 Å². The molecular weight excluding hydrogens is 288 g/mol. The van der Waals surface area contributed by atoms with Crippen LogP contribution in [-0.4, -0.2) is 22.3 Å².